The van der Waals surface area contributed by atoms with E-state index in [2.05, 4.69) is 15.9 Å². The molecule has 0 heterocycles. The zero-order valence-electron chi connectivity index (χ0n) is 6.50. The van der Waals surface area contributed by atoms with Gasteiger partial charge in [0.05, 0.1) is 0 Å². The number of carboxylic acids is 1. The molecule has 2 nitrogen and oxygen atoms in total. The summed E-state index contributed by atoms with van der Waals surface area (Å²) in [5, 5.41) is 8.90. The van der Waals surface area contributed by atoms with Crippen molar-refractivity contribution in [1.82, 2.24) is 0 Å². The molecule has 4 heteroatoms. The second-order valence-corrected chi connectivity index (χ2v) is 3.66. The van der Waals surface area contributed by atoms with Gasteiger partial charge in [-0.15, -0.1) is 0 Å². The Kier molecular flexibility index (Phi) is 3.51. The number of rotatable bonds is 2. The maximum Gasteiger partial charge on any atom is 0.328 e. The quantitative estimate of drug-likeness (QED) is 0.830. The number of aliphatic carboxylic acids is 1. The molecule has 0 fully saturated rings. The van der Waals surface area contributed by atoms with Gasteiger partial charge < -0.3 is 5.11 Å². The first-order valence-corrected chi connectivity index (χ1v) is 4.63. The van der Waals surface area contributed by atoms with Crippen LogP contribution in [0.1, 0.15) is 5.56 Å². The van der Waals surface area contributed by atoms with Gasteiger partial charge in [0.1, 0.15) is 0 Å². The summed E-state index contributed by atoms with van der Waals surface area (Å²) in [7, 11) is 0. The van der Waals surface area contributed by atoms with Crippen molar-refractivity contribution in [2.24, 2.45) is 0 Å². The van der Waals surface area contributed by atoms with Crippen molar-refractivity contribution in [2.75, 3.05) is 0 Å². The predicted molar refractivity (Wildman–Crippen MR) is 55.8 cm³/mol. The van der Waals surface area contributed by atoms with Crippen LogP contribution in [0.5, 0.6) is 0 Å². The molecule has 68 valence electrons. The summed E-state index contributed by atoms with van der Waals surface area (Å²) in [5.74, 6) is -0.987. The number of carboxylic acid groups (broad SMARTS) is 1. The summed E-state index contributed by atoms with van der Waals surface area (Å²) >= 11 is 9.09. The lowest BCUT2D eigenvalue weighted by Crippen LogP contribution is -1.85. The third-order valence-corrected chi connectivity index (χ3v) is 2.19. The van der Waals surface area contributed by atoms with Gasteiger partial charge in [0.25, 0.3) is 0 Å². The average molecular weight is 262 g/mol. The van der Waals surface area contributed by atoms with E-state index in [0.717, 1.165) is 10.5 Å². The molecule has 0 aliphatic rings. The molecule has 0 aliphatic carbocycles. The lowest BCUT2D eigenvalue weighted by Gasteiger charge is -1.97. The molecule has 0 spiro atoms. The first kappa shape index (κ1) is 10.3. The Hall–Kier alpha value is -0.800. The molecule has 0 bridgehead atoms. The summed E-state index contributed by atoms with van der Waals surface area (Å²) in [6.07, 6.45) is 2.51. The molecular formula is C9H6BrClO2. The van der Waals surface area contributed by atoms with E-state index in [1.54, 1.807) is 18.2 Å². The van der Waals surface area contributed by atoms with Gasteiger partial charge >= 0.3 is 5.97 Å². The highest BCUT2D eigenvalue weighted by Crippen LogP contribution is 2.22. The van der Waals surface area contributed by atoms with Gasteiger partial charge in [-0.3, -0.25) is 0 Å². The van der Waals surface area contributed by atoms with Crippen LogP contribution in [0.2, 0.25) is 5.02 Å². The molecule has 0 amide bonds. The van der Waals surface area contributed by atoms with Crippen molar-refractivity contribution in [3.8, 4) is 0 Å². The van der Waals surface area contributed by atoms with Crippen LogP contribution in [-0.4, -0.2) is 11.1 Å². The Bertz CT molecular complexity index is 361. The normalized spacial score (nSPS) is 10.6. The Labute approximate surface area is 89.0 Å². The standard InChI is InChI=1S/C9H6BrClO2/c10-7-3-1-6(8(11)5-7)2-4-9(12)13/h1-5H,(H,12,13). The fraction of sp³-hybridized carbons (Fsp3) is 0. The van der Waals surface area contributed by atoms with E-state index in [-0.39, 0.29) is 0 Å². The van der Waals surface area contributed by atoms with E-state index in [1.165, 1.54) is 6.08 Å². The molecule has 0 aliphatic heterocycles. The molecule has 0 saturated carbocycles. The van der Waals surface area contributed by atoms with Gasteiger partial charge in [-0.05, 0) is 23.8 Å². The number of benzene rings is 1. The Morgan fingerprint density at radius 3 is 2.77 bits per heavy atom. The largest absolute Gasteiger partial charge is 0.478 e. The van der Waals surface area contributed by atoms with Gasteiger partial charge in [-0.25, -0.2) is 4.79 Å². The number of hydrogen-bond acceptors (Lipinski definition) is 1. The lowest BCUT2D eigenvalue weighted by atomic mass is 10.2. The molecule has 1 N–H and O–H groups in total. The first-order chi connectivity index (χ1) is 6.09. The molecule has 1 rings (SSSR count). The van der Waals surface area contributed by atoms with Crippen LogP contribution in [0.15, 0.2) is 28.7 Å². The third kappa shape index (κ3) is 3.20. The minimum Gasteiger partial charge on any atom is -0.478 e. The minimum absolute atomic E-state index is 0.520. The molecule has 13 heavy (non-hydrogen) atoms. The van der Waals surface area contributed by atoms with Gasteiger partial charge in [-0.2, -0.15) is 0 Å². The summed E-state index contributed by atoms with van der Waals surface area (Å²) in [6.45, 7) is 0. The molecule has 1 aromatic rings. The highest BCUT2D eigenvalue weighted by atomic mass is 79.9. The highest BCUT2D eigenvalue weighted by molar-refractivity contribution is 9.10. The summed E-state index contributed by atoms with van der Waals surface area (Å²) in [5.41, 5.74) is 0.687. The van der Waals surface area contributed by atoms with Crippen molar-refractivity contribution in [3.63, 3.8) is 0 Å². The van der Waals surface area contributed by atoms with Crippen LogP contribution in [0, 0.1) is 0 Å². The third-order valence-electron chi connectivity index (χ3n) is 1.37. The first-order valence-electron chi connectivity index (χ1n) is 3.45. The van der Waals surface area contributed by atoms with E-state index in [1.807, 2.05) is 0 Å². The summed E-state index contributed by atoms with van der Waals surface area (Å²) in [4.78, 5) is 10.2. The summed E-state index contributed by atoms with van der Waals surface area (Å²) < 4.78 is 0.866. The second-order valence-electron chi connectivity index (χ2n) is 2.34. The van der Waals surface area contributed by atoms with Crippen LogP contribution in [0.4, 0.5) is 0 Å². The Morgan fingerprint density at radius 1 is 1.54 bits per heavy atom. The van der Waals surface area contributed by atoms with E-state index in [4.69, 9.17) is 16.7 Å². The van der Waals surface area contributed by atoms with Crippen LogP contribution in [0.3, 0.4) is 0 Å². The maximum atomic E-state index is 10.2. The van der Waals surface area contributed by atoms with Gasteiger partial charge in [0.15, 0.2) is 0 Å². The zero-order valence-corrected chi connectivity index (χ0v) is 8.84. The molecule has 0 unspecified atom stereocenters. The Morgan fingerprint density at radius 2 is 2.23 bits per heavy atom. The van der Waals surface area contributed by atoms with Crippen molar-refractivity contribution >= 4 is 39.6 Å². The van der Waals surface area contributed by atoms with Crippen LogP contribution >= 0.6 is 27.5 Å². The molecular weight excluding hydrogens is 255 g/mol. The van der Waals surface area contributed by atoms with Crippen molar-refractivity contribution in [3.05, 3.63) is 39.3 Å². The number of hydrogen-bond donors (Lipinski definition) is 1. The van der Waals surface area contributed by atoms with Gasteiger partial charge in [-0.1, -0.05) is 33.6 Å². The summed E-state index contributed by atoms with van der Waals surface area (Å²) in [6, 6.07) is 5.25. The zero-order chi connectivity index (χ0) is 9.84. The van der Waals surface area contributed by atoms with E-state index in [9.17, 15) is 4.79 Å². The van der Waals surface area contributed by atoms with Gasteiger partial charge in [0, 0.05) is 15.6 Å². The second kappa shape index (κ2) is 4.44. The van der Waals surface area contributed by atoms with Crippen molar-refractivity contribution < 1.29 is 9.90 Å². The van der Waals surface area contributed by atoms with Crippen LogP contribution < -0.4 is 0 Å². The molecule has 1 aromatic carbocycles. The highest BCUT2D eigenvalue weighted by Gasteiger charge is 1.97. The van der Waals surface area contributed by atoms with Crippen molar-refractivity contribution in [2.45, 2.75) is 0 Å². The predicted octanol–water partition coefficient (Wildman–Crippen LogP) is 3.20. The smallest absolute Gasteiger partial charge is 0.328 e. The molecule has 0 aromatic heterocycles. The fourth-order valence-corrected chi connectivity index (χ4v) is 1.53. The van der Waals surface area contributed by atoms with E-state index in [0.29, 0.717) is 10.6 Å². The van der Waals surface area contributed by atoms with Gasteiger partial charge in [0.2, 0.25) is 0 Å². The Balaban J connectivity index is 2.96. The van der Waals surface area contributed by atoms with Crippen molar-refractivity contribution in [1.29, 1.82) is 0 Å². The van der Waals surface area contributed by atoms with Crippen LogP contribution in [0.25, 0.3) is 6.08 Å². The monoisotopic (exact) mass is 260 g/mol. The maximum absolute atomic E-state index is 10.2. The SMILES string of the molecule is O=C(O)C=Cc1ccc(Br)cc1Cl. The number of halogens is 2. The average Bonchev–Trinajstić information content (AvgIpc) is 2.02. The van der Waals surface area contributed by atoms with E-state index >= 15 is 0 Å². The molecule has 0 atom stereocenters. The topological polar surface area (TPSA) is 37.3 Å². The minimum atomic E-state index is -0.987. The lowest BCUT2D eigenvalue weighted by molar-refractivity contribution is -0.131. The molecule has 0 radical (unpaired) electrons. The fourth-order valence-electron chi connectivity index (χ4n) is 0.798. The molecule has 0 saturated heterocycles. The van der Waals surface area contributed by atoms with E-state index < -0.39 is 5.97 Å². The van der Waals surface area contributed by atoms with Crippen LogP contribution in [-0.2, 0) is 4.79 Å². The number of carbonyl (C=O) groups is 1.